The number of benzene rings is 1. The van der Waals surface area contributed by atoms with Crippen LogP contribution in [0, 0.1) is 0 Å². The number of aromatic nitrogens is 3. The number of ether oxygens (including phenoxy) is 1. The van der Waals surface area contributed by atoms with Gasteiger partial charge in [-0.3, -0.25) is 4.79 Å². The fraction of sp³-hybridized carbons (Fsp3) is 0.231. The number of amides is 1. The van der Waals surface area contributed by atoms with Gasteiger partial charge in [-0.2, -0.15) is 0 Å². The number of carboxylic acid groups (broad SMARTS) is 1. The number of nitrogens with zero attached hydrogens (tertiary/aromatic N) is 3. The highest BCUT2D eigenvalue weighted by Crippen LogP contribution is 2.24. The van der Waals surface area contributed by atoms with E-state index in [1.165, 1.54) is 18.8 Å². The van der Waals surface area contributed by atoms with Crippen molar-refractivity contribution in [3.8, 4) is 17.0 Å². The van der Waals surface area contributed by atoms with Crippen molar-refractivity contribution in [2.45, 2.75) is 6.54 Å². The summed E-state index contributed by atoms with van der Waals surface area (Å²) in [6.45, 7) is -0.113. The minimum absolute atomic E-state index is 0.113. The second kappa shape index (κ2) is 6.04. The molecule has 0 atom stereocenters. The molecule has 0 radical (unpaired) electrons. The first-order valence-corrected chi connectivity index (χ1v) is 6.08. The Hall–Kier alpha value is -2.90. The molecule has 0 bridgehead atoms. The molecule has 2 rings (SSSR count). The number of nitrogens with one attached hydrogen (secondary N) is 1. The van der Waals surface area contributed by atoms with Gasteiger partial charge in [0.15, 0.2) is 5.69 Å². The lowest BCUT2D eigenvalue weighted by atomic mass is 10.1. The highest BCUT2D eigenvalue weighted by Gasteiger charge is 2.21. The van der Waals surface area contributed by atoms with E-state index in [2.05, 4.69) is 15.6 Å². The molecule has 8 nitrogen and oxygen atoms in total. The number of aromatic carboxylic acids is 1. The van der Waals surface area contributed by atoms with Gasteiger partial charge < -0.3 is 15.2 Å². The van der Waals surface area contributed by atoms with Gasteiger partial charge in [0.25, 0.3) is 0 Å². The minimum Gasteiger partial charge on any atom is -0.497 e. The largest absolute Gasteiger partial charge is 0.497 e. The van der Waals surface area contributed by atoms with Crippen LogP contribution in [0.4, 0.5) is 0 Å². The molecule has 0 spiro atoms. The van der Waals surface area contributed by atoms with Crippen molar-refractivity contribution in [2.75, 3.05) is 14.2 Å². The summed E-state index contributed by atoms with van der Waals surface area (Å²) in [6.07, 6.45) is 0. The van der Waals surface area contributed by atoms with Crippen molar-refractivity contribution < 1.29 is 19.4 Å². The van der Waals surface area contributed by atoms with Crippen LogP contribution in [0.3, 0.4) is 0 Å². The molecular formula is C13H14N4O4. The van der Waals surface area contributed by atoms with Crippen molar-refractivity contribution in [3.63, 3.8) is 0 Å². The summed E-state index contributed by atoms with van der Waals surface area (Å²) >= 11 is 0. The molecule has 110 valence electrons. The number of carbonyl (C=O) groups is 2. The summed E-state index contributed by atoms with van der Waals surface area (Å²) in [7, 11) is 3.03. The van der Waals surface area contributed by atoms with Gasteiger partial charge in [0.05, 0.1) is 7.11 Å². The second-order valence-electron chi connectivity index (χ2n) is 4.15. The van der Waals surface area contributed by atoms with Gasteiger partial charge in [-0.1, -0.05) is 5.21 Å². The normalized spacial score (nSPS) is 10.2. The molecule has 1 amide bonds. The molecule has 0 unspecified atom stereocenters. The van der Waals surface area contributed by atoms with E-state index < -0.39 is 5.97 Å². The molecule has 1 heterocycles. The maximum Gasteiger partial charge on any atom is 0.358 e. The molecule has 0 fully saturated rings. The monoisotopic (exact) mass is 290 g/mol. The number of hydrogen-bond acceptors (Lipinski definition) is 5. The molecular weight excluding hydrogens is 276 g/mol. The maximum absolute atomic E-state index is 11.5. The van der Waals surface area contributed by atoms with Gasteiger partial charge in [-0.15, -0.1) is 5.10 Å². The number of hydrogen-bond donors (Lipinski definition) is 2. The van der Waals surface area contributed by atoms with Crippen LogP contribution in [0.25, 0.3) is 11.3 Å². The molecule has 2 N–H and O–H groups in total. The van der Waals surface area contributed by atoms with Gasteiger partial charge in [-0.25, -0.2) is 9.48 Å². The number of carbonyl (C=O) groups excluding carboxylic acids is 1. The average molecular weight is 290 g/mol. The standard InChI is InChI=1S/C13H14N4O4/c1-14-10(18)7-17-12(11(13(19)20)15-16-17)8-3-5-9(21-2)6-4-8/h3-6H,7H2,1-2H3,(H,14,18)(H,19,20). The van der Waals surface area contributed by atoms with E-state index in [1.807, 2.05) is 0 Å². The second-order valence-corrected chi connectivity index (χ2v) is 4.15. The molecule has 0 aliphatic carbocycles. The first-order valence-electron chi connectivity index (χ1n) is 6.08. The molecule has 0 aliphatic heterocycles. The first-order chi connectivity index (χ1) is 10.1. The average Bonchev–Trinajstić information content (AvgIpc) is 2.91. The lowest BCUT2D eigenvalue weighted by Crippen LogP contribution is -2.24. The van der Waals surface area contributed by atoms with E-state index in [9.17, 15) is 14.7 Å². The predicted molar refractivity (Wildman–Crippen MR) is 73.0 cm³/mol. The van der Waals surface area contributed by atoms with E-state index >= 15 is 0 Å². The van der Waals surface area contributed by atoms with Gasteiger partial charge in [0, 0.05) is 12.6 Å². The Labute approximate surface area is 120 Å². The molecule has 1 aromatic carbocycles. The molecule has 8 heteroatoms. The maximum atomic E-state index is 11.5. The Bertz CT molecular complexity index is 663. The topological polar surface area (TPSA) is 106 Å². The van der Waals surface area contributed by atoms with Crippen LogP contribution in [0.2, 0.25) is 0 Å². The van der Waals surface area contributed by atoms with Crippen molar-refractivity contribution in [3.05, 3.63) is 30.0 Å². The van der Waals surface area contributed by atoms with Crippen molar-refractivity contribution in [1.82, 2.24) is 20.3 Å². The lowest BCUT2D eigenvalue weighted by Gasteiger charge is -2.07. The number of carboxylic acids is 1. The van der Waals surface area contributed by atoms with Crippen LogP contribution in [0.5, 0.6) is 5.75 Å². The van der Waals surface area contributed by atoms with E-state index in [0.717, 1.165) is 0 Å². The number of likely N-dealkylation sites (N-methyl/N-ethyl adjacent to an activating group) is 1. The molecule has 2 aromatic rings. The zero-order valence-corrected chi connectivity index (χ0v) is 11.5. The molecule has 0 aliphatic rings. The van der Waals surface area contributed by atoms with Crippen molar-refractivity contribution >= 4 is 11.9 Å². The predicted octanol–water partition coefficient (Wildman–Crippen LogP) is 0.398. The Balaban J connectivity index is 2.49. The summed E-state index contributed by atoms with van der Waals surface area (Å²) in [5, 5.41) is 19.0. The molecule has 0 saturated carbocycles. The quantitative estimate of drug-likeness (QED) is 0.825. The van der Waals surface area contributed by atoms with Gasteiger partial charge in [-0.05, 0) is 24.3 Å². The van der Waals surface area contributed by atoms with Crippen molar-refractivity contribution in [2.24, 2.45) is 0 Å². The third-order valence-corrected chi connectivity index (χ3v) is 2.87. The number of methoxy groups -OCH3 is 1. The van der Waals surface area contributed by atoms with E-state index in [0.29, 0.717) is 11.3 Å². The van der Waals surface area contributed by atoms with Crippen LogP contribution < -0.4 is 10.1 Å². The Morgan fingerprint density at radius 3 is 2.52 bits per heavy atom. The third-order valence-electron chi connectivity index (χ3n) is 2.87. The molecule has 21 heavy (non-hydrogen) atoms. The van der Waals surface area contributed by atoms with Gasteiger partial charge >= 0.3 is 5.97 Å². The van der Waals surface area contributed by atoms with E-state index in [-0.39, 0.29) is 23.8 Å². The van der Waals surface area contributed by atoms with Crippen LogP contribution >= 0.6 is 0 Å². The Morgan fingerprint density at radius 1 is 1.33 bits per heavy atom. The molecule has 0 saturated heterocycles. The Morgan fingerprint density at radius 2 is 2.00 bits per heavy atom. The van der Waals surface area contributed by atoms with E-state index in [1.54, 1.807) is 24.3 Å². The summed E-state index contributed by atoms with van der Waals surface area (Å²) in [5.74, 6) is -0.864. The fourth-order valence-electron chi connectivity index (χ4n) is 1.82. The summed E-state index contributed by atoms with van der Waals surface area (Å²) in [5.41, 5.74) is 0.653. The number of rotatable bonds is 5. The minimum atomic E-state index is -1.20. The van der Waals surface area contributed by atoms with Crippen LogP contribution in [-0.2, 0) is 11.3 Å². The van der Waals surface area contributed by atoms with Crippen LogP contribution in [0.1, 0.15) is 10.5 Å². The lowest BCUT2D eigenvalue weighted by molar-refractivity contribution is -0.121. The zero-order chi connectivity index (χ0) is 15.4. The molecule has 1 aromatic heterocycles. The van der Waals surface area contributed by atoms with Crippen molar-refractivity contribution in [1.29, 1.82) is 0 Å². The summed E-state index contributed by atoms with van der Waals surface area (Å²) in [4.78, 5) is 22.7. The Kier molecular flexibility index (Phi) is 4.17. The smallest absolute Gasteiger partial charge is 0.358 e. The van der Waals surface area contributed by atoms with Gasteiger partial charge in [0.2, 0.25) is 5.91 Å². The van der Waals surface area contributed by atoms with Crippen LogP contribution in [0.15, 0.2) is 24.3 Å². The third kappa shape index (κ3) is 2.99. The SMILES string of the molecule is CNC(=O)Cn1nnc(C(=O)O)c1-c1ccc(OC)cc1. The zero-order valence-electron chi connectivity index (χ0n) is 11.5. The van der Waals surface area contributed by atoms with E-state index in [4.69, 9.17) is 4.74 Å². The summed E-state index contributed by atoms with van der Waals surface area (Å²) in [6, 6.07) is 6.75. The highest BCUT2D eigenvalue weighted by atomic mass is 16.5. The first kappa shape index (κ1) is 14.5. The van der Waals surface area contributed by atoms with Crippen LogP contribution in [-0.4, -0.2) is 46.1 Å². The van der Waals surface area contributed by atoms with Gasteiger partial charge in [0.1, 0.15) is 18.0 Å². The fourth-order valence-corrected chi connectivity index (χ4v) is 1.82. The summed E-state index contributed by atoms with van der Waals surface area (Å²) < 4.78 is 6.31. The highest BCUT2D eigenvalue weighted by molar-refractivity contribution is 5.93.